The summed E-state index contributed by atoms with van der Waals surface area (Å²) in [7, 11) is 0. The third kappa shape index (κ3) is 192. The zero-order chi connectivity index (χ0) is 3.58. The normalized spacial score (nSPS) is 3.12. The van der Waals surface area contributed by atoms with Crippen LogP contribution in [0.2, 0.25) is 0 Å². The van der Waals surface area contributed by atoms with Gasteiger partial charge in [0.05, 0.1) is 0 Å². The summed E-state index contributed by atoms with van der Waals surface area (Å²) >= 11 is 0. The first-order valence-electron chi connectivity index (χ1n) is 0.928. The second-order valence-corrected chi connectivity index (χ2v) is 0.519. The minimum absolute atomic E-state index is 0. The Labute approximate surface area is 88.1 Å². The predicted octanol–water partition coefficient (Wildman–Crippen LogP) is -9.61. The van der Waals surface area contributed by atoms with E-state index in [1.807, 2.05) is 0 Å². The van der Waals surface area contributed by atoms with E-state index in [0.29, 0.717) is 0 Å². The van der Waals surface area contributed by atoms with Gasteiger partial charge >= 0.3 is 31.0 Å². The molecule has 0 bridgehead atoms. The van der Waals surface area contributed by atoms with Crippen LogP contribution < -0.4 is 58.9 Å². The topological polar surface area (TPSA) is 68.8 Å². The van der Waals surface area contributed by atoms with Gasteiger partial charge in [0, 0.05) is 6.92 Å². The number of aliphatic carboxylic acids is 1. The van der Waals surface area contributed by atoms with Crippen LogP contribution in [-0.2, 0) is 4.79 Å². The number of carboxylic acids is 1. The SMILES string of the molecule is CC(=O)O.O.[Br-].[Cl-].[H+].[Na+]. The van der Waals surface area contributed by atoms with Gasteiger partial charge in [0.1, 0.15) is 0 Å². The maximum absolute atomic E-state index is 9.00. The second kappa shape index (κ2) is 24.1. The van der Waals surface area contributed by atoms with Crippen molar-refractivity contribution in [2.24, 2.45) is 0 Å². The van der Waals surface area contributed by atoms with E-state index >= 15 is 0 Å². The third-order valence-corrected chi connectivity index (χ3v) is 0. The van der Waals surface area contributed by atoms with Crippen LogP contribution in [0.5, 0.6) is 0 Å². The van der Waals surface area contributed by atoms with E-state index < -0.39 is 5.97 Å². The van der Waals surface area contributed by atoms with Crippen LogP contribution in [0.3, 0.4) is 0 Å². The molecule has 0 atom stereocenters. The summed E-state index contributed by atoms with van der Waals surface area (Å²) in [6, 6.07) is 0. The molecule has 0 spiro atoms. The molecule has 0 amide bonds. The Morgan fingerprint density at radius 2 is 1.62 bits per heavy atom. The van der Waals surface area contributed by atoms with Crippen LogP contribution in [0.4, 0.5) is 0 Å². The summed E-state index contributed by atoms with van der Waals surface area (Å²) in [4.78, 5) is 9.00. The molecule has 0 aromatic rings. The number of halogens is 2. The van der Waals surface area contributed by atoms with Gasteiger partial charge in [0.25, 0.3) is 5.97 Å². The number of carboxylic acid groups (broad SMARTS) is 1. The standard InChI is InChI=1S/C2H4O2.BrH.ClH.Na.H2O/c1-2(3)4;;;;/h1H3,(H,3,4);2*1H;;1H2/q;;;+1;/p-1. The van der Waals surface area contributed by atoms with E-state index in [9.17, 15) is 0 Å². The van der Waals surface area contributed by atoms with Gasteiger partial charge in [-0.25, -0.2) is 0 Å². The van der Waals surface area contributed by atoms with Crippen LogP contribution >= 0.6 is 0 Å². The Hall–Kier alpha value is 1.20. The molecule has 48 valence electrons. The predicted molar refractivity (Wildman–Crippen MR) is 18.0 cm³/mol. The van der Waals surface area contributed by atoms with Crippen molar-refractivity contribution in [2.45, 2.75) is 6.92 Å². The number of carbonyl (C=O) groups is 1. The largest absolute Gasteiger partial charge is 1.00 e. The zero-order valence-corrected chi connectivity index (χ0v) is 8.95. The number of rotatable bonds is 0. The van der Waals surface area contributed by atoms with Gasteiger partial charge in [-0.05, 0) is 0 Å². The molecule has 0 aromatic heterocycles. The molecule has 0 rings (SSSR count). The molecule has 0 unspecified atom stereocenters. The maximum Gasteiger partial charge on any atom is 1.00 e. The van der Waals surface area contributed by atoms with Crippen LogP contribution in [0.1, 0.15) is 8.35 Å². The fourth-order valence-electron chi connectivity index (χ4n) is 0. The molecule has 3 nitrogen and oxygen atoms in total. The molecular weight excluding hydrogens is 210 g/mol. The van der Waals surface area contributed by atoms with Crippen molar-refractivity contribution in [3.63, 3.8) is 0 Å². The maximum atomic E-state index is 9.00. The van der Waals surface area contributed by atoms with E-state index in [-0.39, 0.29) is 65.8 Å². The monoisotopic (exact) mass is 216 g/mol. The summed E-state index contributed by atoms with van der Waals surface area (Å²) in [5.41, 5.74) is 0. The Bertz CT molecular complexity index is 44.8. The van der Waals surface area contributed by atoms with Crippen LogP contribution in [0, 0.1) is 0 Å². The summed E-state index contributed by atoms with van der Waals surface area (Å²) in [6.07, 6.45) is 0. The molecule has 0 aliphatic rings. The minimum Gasteiger partial charge on any atom is -1.00 e. The first-order valence-corrected chi connectivity index (χ1v) is 0.928. The summed E-state index contributed by atoms with van der Waals surface area (Å²) in [5, 5.41) is 7.42. The van der Waals surface area contributed by atoms with Crippen LogP contribution in [-0.4, -0.2) is 16.6 Å². The van der Waals surface area contributed by atoms with Crippen molar-refractivity contribution in [1.29, 1.82) is 0 Å². The van der Waals surface area contributed by atoms with Gasteiger partial charge in [0.2, 0.25) is 0 Å². The zero-order valence-electron chi connectivity index (χ0n) is 5.61. The van der Waals surface area contributed by atoms with Gasteiger partial charge in [-0.1, -0.05) is 0 Å². The van der Waals surface area contributed by atoms with E-state index in [1.54, 1.807) is 0 Å². The van der Waals surface area contributed by atoms with Gasteiger partial charge < -0.3 is 40.0 Å². The van der Waals surface area contributed by atoms with E-state index in [4.69, 9.17) is 9.90 Å². The summed E-state index contributed by atoms with van der Waals surface area (Å²) in [5.74, 6) is -0.833. The van der Waals surface area contributed by atoms with Gasteiger partial charge in [-0.3, -0.25) is 4.79 Å². The third-order valence-electron chi connectivity index (χ3n) is 0. The van der Waals surface area contributed by atoms with Crippen molar-refractivity contribution >= 4 is 5.97 Å². The molecule has 0 aliphatic carbocycles. The first kappa shape index (κ1) is 35.1. The molecule has 0 fully saturated rings. The average molecular weight is 217 g/mol. The molecule has 0 saturated heterocycles. The van der Waals surface area contributed by atoms with Crippen molar-refractivity contribution in [3.8, 4) is 0 Å². The molecule has 3 N–H and O–H groups in total. The molecule has 8 heavy (non-hydrogen) atoms. The fraction of sp³-hybridized carbons (Fsp3) is 0.500. The van der Waals surface area contributed by atoms with Crippen molar-refractivity contribution in [3.05, 3.63) is 0 Å². The summed E-state index contributed by atoms with van der Waals surface area (Å²) < 4.78 is 0. The van der Waals surface area contributed by atoms with E-state index in [1.165, 1.54) is 0 Å². The quantitative estimate of drug-likeness (QED) is 0.410. The van der Waals surface area contributed by atoms with Gasteiger partial charge in [-0.15, -0.1) is 0 Å². The summed E-state index contributed by atoms with van der Waals surface area (Å²) in [6.45, 7) is 1.08. The average Bonchev–Trinajstić information content (AvgIpc) is 0.811. The van der Waals surface area contributed by atoms with Crippen LogP contribution in [0.15, 0.2) is 0 Å². The van der Waals surface area contributed by atoms with E-state index in [2.05, 4.69) is 0 Å². The molecule has 0 radical (unpaired) electrons. The second-order valence-electron chi connectivity index (χ2n) is 0.519. The Morgan fingerprint density at radius 3 is 1.62 bits per heavy atom. The molecule has 6 heteroatoms. The van der Waals surface area contributed by atoms with Crippen LogP contribution in [0.25, 0.3) is 0 Å². The number of hydrogen-bond donors (Lipinski definition) is 1. The number of hydrogen-bond acceptors (Lipinski definition) is 1. The van der Waals surface area contributed by atoms with Gasteiger partial charge in [-0.2, -0.15) is 0 Å². The molecule has 0 heterocycles. The van der Waals surface area contributed by atoms with E-state index in [0.717, 1.165) is 6.92 Å². The van der Waals surface area contributed by atoms with Crippen molar-refractivity contribution in [1.82, 2.24) is 0 Å². The Balaban J connectivity index is -0.00000000450. The van der Waals surface area contributed by atoms with Gasteiger partial charge in [0.15, 0.2) is 0 Å². The van der Waals surface area contributed by atoms with Crippen molar-refractivity contribution in [2.75, 3.05) is 0 Å². The Kier molecular flexibility index (Phi) is 106. The first-order chi connectivity index (χ1) is 1.73. The Morgan fingerprint density at radius 1 is 1.62 bits per heavy atom. The molecule has 0 aliphatic heterocycles. The molecular formula is C2H7BrClNaO3. The smallest absolute Gasteiger partial charge is 1.00 e. The minimum atomic E-state index is -0.833. The molecule has 0 saturated carbocycles. The van der Waals surface area contributed by atoms with Crippen molar-refractivity contribution < 1.29 is 75.7 Å². The fourth-order valence-corrected chi connectivity index (χ4v) is 0. The molecule has 0 aromatic carbocycles.